The Balaban J connectivity index is 1.72. The zero-order chi connectivity index (χ0) is 47.2. The van der Waals surface area contributed by atoms with E-state index in [1.807, 2.05) is 95.5 Å². The highest BCUT2D eigenvalue weighted by atomic mass is 16.5. The van der Waals surface area contributed by atoms with Gasteiger partial charge in [0.15, 0.2) is 0 Å². The summed E-state index contributed by atoms with van der Waals surface area (Å²) in [6.45, 7) is 16.6. The summed E-state index contributed by atoms with van der Waals surface area (Å²) in [6, 6.07) is 7.73. The van der Waals surface area contributed by atoms with Crippen LogP contribution in [0.5, 0.6) is 0 Å². The lowest BCUT2D eigenvalue weighted by molar-refractivity contribution is -0.150. The number of hydrogen-bond donors (Lipinski definition) is 2. The molecule has 2 aliphatic rings. The van der Waals surface area contributed by atoms with Crippen molar-refractivity contribution in [3.05, 3.63) is 35.9 Å². The van der Waals surface area contributed by atoms with Crippen LogP contribution in [-0.4, -0.2) is 140 Å². The zero-order valence-corrected chi connectivity index (χ0v) is 40.4. The van der Waals surface area contributed by atoms with E-state index in [1.54, 1.807) is 33.2 Å². The minimum atomic E-state index is -0.893. The summed E-state index contributed by atoms with van der Waals surface area (Å²) < 4.78 is 17.6. The van der Waals surface area contributed by atoms with Crippen LogP contribution in [0.2, 0.25) is 0 Å². The molecule has 63 heavy (non-hydrogen) atoms. The number of benzene rings is 1. The number of amides is 3. The van der Waals surface area contributed by atoms with Crippen molar-refractivity contribution < 1.29 is 48.1 Å². The third kappa shape index (κ3) is 13.8. The third-order valence-corrected chi connectivity index (χ3v) is 13.9. The van der Waals surface area contributed by atoms with E-state index in [0.29, 0.717) is 58.2 Å². The molecule has 14 heteroatoms. The number of ketones is 1. The number of Topliss-reactive ketones (excluding diaryl/α,β-unsaturated/α-hetero) is 1. The summed E-state index contributed by atoms with van der Waals surface area (Å²) in [5, 5.41) is 12.2. The fourth-order valence-corrected chi connectivity index (χ4v) is 10.1. The van der Waals surface area contributed by atoms with Crippen LogP contribution in [0.25, 0.3) is 0 Å². The van der Waals surface area contributed by atoms with Gasteiger partial charge in [0.05, 0.1) is 48.8 Å². The number of carboxylic acids is 1. The number of likely N-dealkylation sites (N-methyl/N-ethyl adjacent to an activating group) is 2. The number of esters is 1. The number of carbonyl (C=O) groups is 6. The number of nitrogens with zero attached hydrogens (tertiary/aromatic N) is 3. The normalized spacial score (nSPS) is 21.9. The molecule has 1 heterocycles. The first-order chi connectivity index (χ1) is 29.8. The molecule has 0 aromatic heterocycles. The summed E-state index contributed by atoms with van der Waals surface area (Å²) in [5.74, 6) is -2.64. The van der Waals surface area contributed by atoms with E-state index in [1.165, 1.54) is 0 Å². The number of carbonyl (C=O) groups excluding carboxylic acids is 5. The predicted molar refractivity (Wildman–Crippen MR) is 243 cm³/mol. The van der Waals surface area contributed by atoms with Crippen molar-refractivity contribution in [2.24, 2.45) is 29.1 Å². The molecule has 1 saturated carbocycles. The number of nitrogens with one attached hydrogen (secondary N) is 1. The van der Waals surface area contributed by atoms with Gasteiger partial charge in [-0.1, -0.05) is 85.2 Å². The lowest BCUT2D eigenvalue weighted by Crippen LogP contribution is -2.60. The monoisotopic (exact) mass is 885 g/mol. The van der Waals surface area contributed by atoms with Crippen molar-refractivity contribution in [2.75, 3.05) is 48.0 Å². The molecule has 2 fully saturated rings. The van der Waals surface area contributed by atoms with E-state index < -0.39 is 47.6 Å². The molecule has 356 valence electrons. The average molecular weight is 885 g/mol. The Morgan fingerprint density at radius 3 is 2.14 bits per heavy atom. The van der Waals surface area contributed by atoms with E-state index in [0.717, 1.165) is 12.0 Å². The van der Waals surface area contributed by atoms with Gasteiger partial charge in [0, 0.05) is 52.5 Å². The Morgan fingerprint density at radius 1 is 0.921 bits per heavy atom. The number of ether oxygens (including phenoxy) is 3. The quantitative estimate of drug-likeness (QED) is 0.0900. The van der Waals surface area contributed by atoms with Crippen LogP contribution in [0.15, 0.2) is 30.3 Å². The molecule has 2 N–H and O–H groups in total. The number of carboxylic acid groups (broad SMARTS) is 1. The van der Waals surface area contributed by atoms with Gasteiger partial charge >= 0.3 is 11.9 Å². The molecule has 10 atom stereocenters. The Hall–Kier alpha value is -3.88. The molecular weight excluding hydrogens is 805 g/mol. The zero-order valence-electron chi connectivity index (χ0n) is 40.4. The minimum Gasteiger partial charge on any atom is -0.481 e. The van der Waals surface area contributed by atoms with Crippen LogP contribution in [0.3, 0.4) is 0 Å². The first-order valence-corrected chi connectivity index (χ1v) is 23.4. The summed E-state index contributed by atoms with van der Waals surface area (Å²) in [5.41, 5.74) is 0.485. The van der Waals surface area contributed by atoms with Gasteiger partial charge in [0.25, 0.3) is 0 Å². The summed E-state index contributed by atoms with van der Waals surface area (Å²) in [4.78, 5) is 86.1. The van der Waals surface area contributed by atoms with Crippen LogP contribution < -0.4 is 5.32 Å². The minimum absolute atomic E-state index is 0.00305. The molecule has 1 saturated heterocycles. The van der Waals surface area contributed by atoms with Crippen molar-refractivity contribution in [2.45, 2.75) is 162 Å². The van der Waals surface area contributed by atoms with E-state index in [4.69, 9.17) is 19.3 Å². The van der Waals surface area contributed by atoms with Gasteiger partial charge < -0.3 is 34.4 Å². The van der Waals surface area contributed by atoms with Crippen LogP contribution in [0.4, 0.5) is 0 Å². The fraction of sp³-hybridized carbons (Fsp3) is 0.755. The standard InChI is InChI=1S/C49H80N4O10/c1-13-33(7)44(52(10)47(59)42(31(3)4)50-46(58)43(32(5)6)51(9)27-20-25-41(56)57)39(61-11)29-40(55)53-28-19-23-37(53)45(62-12)34(8)38(54)24-18-26-49(48(60)63-14-2)30-36(49)35-21-16-15-17-22-35/h15-17,21-22,31-34,36-37,39,42-45H,13-14,18-20,23-30H2,1-12H3,(H,50,58)(H,56,57). The van der Waals surface area contributed by atoms with Crippen LogP contribution in [0, 0.1) is 29.1 Å². The Kier molecular flexibility index (Phi) is 21.2. The molecule has 0 spiro atoms. The highest BCUT2D eigenvalue weighted by Gasteiger charge is 2.61. The molecule has 14 nitrogen and oxygen atoms in total. The molecule has 1 aliphatic heterocycles. The fourth-order valence-electron chi connectivity index (χ4n) is 10.1. The van der Waals surface area contributed by atoms with Crippen molar-refractivity contribution in [3.63, 3.8) is 0 Å². The topological polar surface area (TPSA) is 172 Å². The van der Waals surface area contributed by atoms with Crippen LogP contribution >= 0.6 is 0 Å². The molecule has 3 amide bonds. The second kappa shape index (κ2) is 25.0. The summed E-state index contributed by atoms with van der Waals surface area (Å²) in [6.07, 6.45) is 3.43. The summed E-state index contributed by atoms with van der Waals surface area (Å²) in [7, 11) is 6.64. The van der Waals surface area contributed by atoms with Gasteiger partial charge in [0.2, 0.25) is 17.7 Å². The maximum Gasteiger partial charge on any atom is 0.312 e. The molecule has 1 aromatic carbocycles. The van der Waals surface area contributed by atoms with Gasteiger partial charge in [-0.05, 0) is 82.4 Å². The maximum absolute atomic E-state index is 14.5. The Morgan fingerprint density at radius 2 is 1.59 bits per heavy atom. The lowest BCUT2D eigenvalue weighted by atomic mass is 9.87. The number of rotatable bonds is 28. The molecule has 3 rings (SSSR count). The first-order valence-electron chi connectivity index (χ1n) is 23.4. The van der Waals surface area contributed by atoms with Crippen LogP contribution in [-0.2, 0) is 43.0 Å². The number of methoxy groups -OCH3 is 2. The smallest absolute Gasteiger partial charge is 0.312 e. The molecular formula is C49H80N4O10. The average Bonchev–Trinajstić information content (AvgIpc) is 3.79. The van der Waals surface area contributed by atoms with Crippen molar-refractivity contribution in [1.82, 2.24) is 20.0 Å². The Bertz CT molecular complexity index is 1660. The van der Waals surface area contributed by atoms with E-state index in [9.17, 15) is 28.8 Å². The maximum atomic E-state index is 14.5. The van der Waals surface area contributed by atoms with E-state index in [2.05, 4.69) is 5.32 Å². The van der Waals surface area contributed by atoms with Crippen molar-refractivity contribution >= 4 is 35.4 Å². The van der Waals surface area contributed by atoms with Gasteiger partial charge in [-0.3, -0.25) is 33.7 Å². The second-order valence-electron chi connectivity index (χ2n) is 18.9. The highest BCUT2D eigenvalue weighted by Crippen LogP contribution is 2.63. The summed E-state index contributed by atoms with van der Waals surface area (Å²) >= 11 is 0. The van der Waals surface area contributed by atoms with E-state index in [-0.39, 0.29) is 78.5 Å². The third-order valence-electron chi connectivity index (χ3n) is 13.9. The molecule has 1 aromatic rings. The number of hydrogen-bond acceptors (Lipinski definition) is 10. The predicted octanol–water partition coefficient (Wildman–Crippen LogP) is 6.35. The first kappa shape index (κ1) is 53.5. The van der Waals surface area contributed by atoms with Gasteiger partial charge in [-0.2, -0.15) is 0 Å². The van der Waals surface area contributed by atoms with Gasteiger partial charge in [-0.25, -0.2) is 0 Å². The van der Waals surface area contributed by atoms with Gasteiger partial charge in [0.1, 0.15) is 11.8 Å². The molecule has 0 radical (unpaired) electrons. The van der Waals surface area contributed by atoms with Gasteiger partial charge in [-0.15, -0.1) is 0 Å². The van der Waals surface area contributed by atoms with E-state index >= 15 is 0 Å². The lowest BCUT2D eigenvalue weighted by Gasteiger charge is -2.41. The van der Waals surface area contributed by atoms with Crippen LogP contribution in [0.1, 0.15) is 131 Å². The second-order valence-corrected chi connectivity index (χ2v) is 18.9. The largest absolute Gasteiger partial charge is 0.481 e. The SMILES string of the molecule is CCOC(=O)C1(CCCC(=O)C(C)C(OC)C2CCCN2C(=O)CC(OC)C(C(C)CC)N(C)C(=O)C(NC(=O)C(C(C)C)N(C)CCCC(=O)O)C(C)C)CC1c1ccccc1. The van der Waals surface area contributed by atoms with Crippen molar-refractivity contribution in [3.8, 4) is 0 Å². The van der Waals surface area contributed by atoms with Crippen molar-refractivity contribution in [1.29, 1.82) is 0 Å². The molecule has 10 unspecified atom stereocenters. The number of aliphatic carboxylic acids is 1. The molecule has 1 aliphatic carbocycles. The molecule has 0 bridgehead atoms. The number of likely N-dealkylation sites (tertiary alicyclic amines) is 1. The Labute approximate surface area is 377 Å². The highest BCUT2D eigenvalue weighted by molar-refractivity contribution is 5.90.